The number of primary amides is 1. The van der Waals surface area contributed by atoms with Crippen LogP contribution < -0.4 is 32.6 Å². The van der Waals surface area contributed by atoms with E-state index >= 15 is 0 Å². The summed E-state index contributed by atoms with van der Waals surface area (Å²) in [7, 11) is 1.59. The van der Waals surface area contributed by atoms with Gasteiger partial charge in [-0.15, -0.1) is 0 Å². The van der Waals surface area contributed by atoms with Gasteiger partial charge in [-0.1, -0.05) is 87.5 Å². The van der Waals surface area contributed by atoms with Crippen LogP contribution in [0.5, 0.6) is 0 Å². The number of hydrogen-bond donors (Lipinski definition) is 6. The first-order chi connectivity index (χ1) is 34.8. The number of aliphatic hydroxyl groups is 1. The molecule has 5 aromatic rings. The van der Waals surface area contributed by atoms with Crippen molar-refractivity contribution in [2.75, 3.05) is 20.2 Å². The van der Waals surface area contributed by atoms with Gasteiger partial charge in [-0.3, -0.25) is 28.8 Å². The predicted octanol–water partition coefficient (Wildman–Crippen LogP) is 3.40. The summed E-state index contributed by atoms with van der Waals surface area (Å²) in [5, 5.41) is 22.4. The van der Waals surface area contributed by atoms with Crippen molar-refractivity contribution in [3.63, 3.8) is 0 Å². The molecule has 0 saturated carbocycles. The number of likely N-dealkylation sites (N-methyl/N-ethyl adjacent to an activating group) is 1. The number of ether oxygens (including phenoxy) is 2. The van der Waals surface area contributed by atoms with Crippen LogP contribution in [0.1, 0.15) is 93.2 Å². The number of para-hydroxylation sites is 1. The van der Waals surface area contributed by atoms with Crippen molar-refractivity contribution in [1.82, 2.24) is 35.7 Å². The highest BCUT2D eigenvalue weighted by molar-refractivity contribution is 5.97. The van der Waals surface area contributed by atoms with E-state index in [0.29, 0.717) is 23.3 Å². The Hall–Kier alpha value is -7.93. The van der Waals surface area contributed by atoms with E-state index in [1.165, 1.54) is 18.7 Å². The summed E-state index contributed by atoms with van der Waals surface area (Å²) in [4.78, 5) is 113. The zero-order valence-corrected chi connectivity index (χ0v) is 41.6. The van der Waals surface area contributed by atoms with Gasteiger partial charge in [0.25, 0.3) is 5.56 Å². The number of pyridine rings is 2. The normalized spacial score (nSPS) is 16.8. The van der Waals surface area contributed by atoms with E-state index < -0.39 is 83.3 Å². The fourth-order valence-corrected chi connectivity index (χ4v) is 10.0. The van der Waals surface area contributed by atoms with Gasteiger partial charge < -0.3 is 51.0 Å². The highest BCUT2D eigenvalue weighted by atomic mass is 16.6. The highest BCUT2D eigenvalue weighted by Gasteiger charge is 2.46. The summed E-state index contributed by atoms with van der Waals surface area (Å²) in [6.07, 6.45) is -0.956. The maximum atomic E-state index is 14.3. The van der Waals surface area contributed by atoms with Gasteiger partial charge in [0.15, 0.2) is 5.60 Å². The third-order valence-corrected chi connectivity index (χ3v) is 14.0. The third-order valence-electron chi connectivity index (χ3n) is 14.0. The fourth-order valence-electron chi connectivity index (χ4n) is 10.0. The first kappa shape index (κ1) is 51.4. The van der Waals surface area contributed by atoms with Crippen molar-refractivity contribution in [2.24, 2.45) is 11.7 Å². The number of nitrogens with two attached hydrogens (primary N) is 1. The Morgan fingerprint density at radius 3 is 2.12 bits per heavy atom. The van der Waals surface area contributed by atoms with Crippen LogP contribution in [-0.2, 0) is 63.4 Å². The van der Waals surface area contributed by atoms with Crippen LogP contribution in [0.4, 0.5) is 4.79 Å². The molecule has 0 unspecified atom stereocenters. The largest absolute Gasteiger partial charge is 0.458 e. The zero-order chi connectivity index (χ0) is 52.5. The molecule has 19 nitrogen and oxygen atoms in total. The van der Waals surface area contributed by atoms with Crippen molar-refractivity contribution < 1.29 is 48.1 Å². The molecule has 3 aliphatic rings. The number of alkyl carbamates (subject to hydrolysis) is 1. The summed E-state index contributed by atoms with van der Waals surface area (Å²) in [6.45, 7) is 8.23. The number of carbonyl (C=O) groups excluding carboxylic acids is 7. The van der Waals surface area contributed by atoms with Gasteiger partial charge in [0, 0.05) is 36.0 Å². The number of esters is 1. The van der Waals surface area contributed by atoms with Crippen molar-refractivity contribution >= 4 is 52.5 Å². The third kappa shape index (κ3) is 10.3. The Kier molecular flexibility index (Phi) is 14.8. The molecule has 4 heterocycles. The molecule has 0 saturated heterocycles. The lowest BCUT2D eigenvalue weighted by molar-refractivity contribution is -0.172. The predicted molar refractivity (Wildman–Crippen MR) is 268 cm³/mol. The van der Waals surface area contributed by atoms with Gasteiger partial charge in [0.1, 0.15) is 37.4 Å². The summed E-state index contributed by atoms with van der Waals surface area (Å²) in [6, 6.07) is 19.8. The number of rotatable bonds is 18. The molecule has 19 heteroatoms. The Balaban J connectivity index is 0.899. The van der Waals surface area contributed by atoms with Gasteiger partial charge in [-0.2, -0.15) is 0 Å². The van der Waals surface area contributed by atoms with Gasteiger partial charge in [-0.05, 0) is 79.0 Å². The van der Waals surface area contributed by atoms with E-state index in [-0.39, 0.29) is 62.1 Å². The molecule has 0 radical (unpaired) electrons. The standard InChI is InChI=1S/C54H60N8O11/c1-7-54(71)40-23-44-46-37(25-62(44)50(67)39(40)27-72-52(54)69)35(36-18-12-13-19-41(36)58-46)20-21-61(6)51(68)43(22-28(2)3)60-49(66)42(24-45(55)63)59-48(65)29(4)56-47(64)30(5)57-53(70)73-26-38-33-16-10-8-14-31(33)32-15-9-11-17-34(32)38/h8-19,23,28-30,38,42-43,71H,7,20-22,24-27H2,1-6H3,(H2,55,63)(H,56,64)(H,57,70)(H,59,65)(H,60,66)/t29-,30-,42-,43-,54-/m0/s1. The van der Waals surface area contributed by atoms with E-state index in [1.54, 1.807) is 24.6 Å². The summed E-state index contributed by atoms with van der Waals surface area (Å²) in [5.41, 5.74) is 10.9. The average molecular weight is 997 g/mol. The Labute approximate surface area is 421 Å². The molecule has 0 fully saturated rings. The molecule has 5 atom stereocenters. The SMILES string of the molecule is CC[C@@]1(O)C(=O)OCc2c1cc1n(c2=O)Cc2c-1nc1ccccc1c2CCN(C)C(=O)[C@H](CC(C)C)NC(=O)[C@H](CC(N)=O)NC(=O)[C@H](C)NC(=O)[C@H](C)NC(=O)OCC1c2ccccc2-c2ccccc21. The molecule has 2 aliphatic heterocycles. The maximum absolute atomic E-state index is 14.3. The minimum Gasteiger partial charge on any atom is -0.458 e. The molecule has 2 aromatic heterocycles. The van der Waals surface area contributed by atoms with Crippen LogP contribution >= 0.6 is 0 Å². The minimum absolute atomic E-state index is 0.00307. The number of carbonyl (C=O) groups is 7. The van der Waals surface area contributed by atoms with Crippen LogP contribution in [0.2, 0.25) is 0 Å². The topological polar surface area (TPSA) is 270 Å². The van der Waals surface area contributed by atoms with Gasteiger partial charge in [0.2, 0.25) is 29.5 Å². The quantitative estimate of drug-likeness (QED) is 0.0677. The van der Waals surface area contributed by atoms with Gasteiger partial charge in [-0.25, -0.2) is 14.6 Å². The van der Waals surface area contributed by atoms with Crippen LogP contribution in [-0.4, -0.2) is 106 Å². The van der Waals surface area contributed by atoms with E-state index in [9.17, 15) is 43.5 Å². The lowest BCUT2D eigenvalue weighted by atomic mass is 9.86. The van der Waals surface area contributed by atoms with Crippen molar-refractivity contribution in [3.8, 4) is 22.5 Å². The highest BCUT2D eigenvalue weighted by Crippen LogP contribution is 2.45. The number of benzene rings is 3. The molecule has 0 bridgehead atoms. The molecule has 6 amide bonds. The Morgan fingerprint density at radius 2 is 1.47 bits per heavy atom. The molecular weight excluding hydrogens is 937 g/mol. The molecule has 73 heavy (non-hydrogen) atoms. The van der Waals surface area contributed by atoms with E-state index in [1.807, 2.05) is 86.6 Å². The first-order valence-electron chi connectivity index (χ1n) is 24.4. The van der Waals surface area contributed by atoms with Gasteiger partial charge in [0.05, 0.1) is 35.4 Å². The lowest BCUT2D eigenvalue weighted by Gasteiger charge is -2.31. The van der Waals surface area contributed by atoms with Crippen molar-refractivity contribution in [1.29, 1.82) is 0 Å². The lowest BCUT2D eigenvalue weighted by Crippen LogP contribution is -2.58. The molecule has 3 aromatic carbocycles. The monoisotopic (exact) mass is 996 g/mol. The smallest absolute Gasteiger partial charge is 0.407 e. The number of aromatic nitrogens is 2. The molecule has 382 valence electrons. The van der Waals surface area contributed by atoms with Crippen molar-refractivity contribution in [3.05, 3.63) is 123 Å². The zero-order valence-electron chi connectivity index (χ0n) is 41.6. The van der Waals surface area contributed by atoms with Crippen LogP contribution in [0, 0.1) is 5.92 Å². The molecule has 8 rings (SSSR count). The number of cyclic esters (lactones) is 1. The Bertz CT molecular complexity index is 3070. The van der Waals surface area contributed by atoms with Gasteiger partial charge >= 0.3 is 12.1 Å². The fraction of sp³-hybridized carbons (Fsp3) is 0.389. The number of fused-ring (bicyclic) bond motifs is 8. The average Bonchev–Trinajstić information content (AvgIpc) is 3.90. The van der Waals surface area contributed by atoms with Crippen molar-refractivity contribution in [2.45, 2.75) is 109 Å². The Morgan fingerprint density at radius 1 is 0.849 bits per heavy atom. The van der Waals surface area contributed by atoms with E-state index in [4.69, 9.17) is 20.2 Å². The maximum Gasteiger partial charge on any atom is 0.407 e. The second-order valence-corrected chi connectivity index (χ2v) is 19.4. The summed E-state index contributed by atoms with van der Waals surface area (Å²) in [5.74, 6) is -4.88. The molecule has 7 N–H and O–H groups in total. The first-order valence-corrected chi connectivity index (χ1v) is 24.4. The minimum atomic E-state index is -1.99. The van der Waals surface area contributed by atoms with Crippen LogP contribution in [0.3, 0.4) is 0 Å². The number of nitrogens with zero attached hydrogens (tertiary/aromatic N) is 3. The molecule has 1 aliphatic carbocycles. The second-order valence-electron chi connectivity index (χ2n) is 19.4. The van der Waals surface area contributed by atoms with E-state index in [2.05, 4.69) is 21.3 Å². The number of hydrogen-bond acceptors (Lipinski definition) is 12. The molecule has 0 spiro atoms. The molecular formula is C54H60N8O11. The van der Waals surface area contributed by atoms with Crippen LogP contribution in [0.25, 0.3) is 33.4 Å². The number of amides is 6. The number of nitrogens with one attached hydrogen (secondary N) is 4. The second kappa shape index (κ2) is 21.0. The van der Waals surface area contributed by atoms with Crippen LogP contribution in [0.15, 0.2) is 83.7 Å². The summed E-state index contributed by atoms with van der Waals surface area (Å²) < 4.78 is 12.4. The summed E-state index contributed by atoms with van der Waals surface area (Å²) >= 11 is 0. The van der Waals surface area contributed by atoms with E-state index in [0.717, 1.165) is 38.8 Å².